The second-order valence-corrected chi connectivity index (χ2v) is 9.39. The molecule has 6 rings (SSSR count). The minimum atomic E-state index is 0.137. The number of hydrogen-bond donors (Lipinski definition) is 2. The zero-order valence-corrected chi connectivity index (χ0v) is 19.8. The molecule has 0 saturated carbocycles. The molecule has 7 heteroatoms. The summed E-state index contributed by atoms with van der Waals surface area (Å²) in [7, 11) is 0. The van der Waals surface area contributed by atoms with Crippen molar-refractivity contribution < 1.29 is 9.15 Å². The second kappa shape index (κ2) is 9.17. The van der Waals surface area contributed by atoms with Crippen LogP contribution in [0.15, 0.2) is 77.5 Å². The van der Waals surface area contributed by atoms with Crippen LogP contribution in [0.25, 0.3) is 22.8 Å². The Kier molecular flexibility index (Phi) is 5.72. The molecule has 2 aromatic carbocycles. The molecule has 0 unspecified atom stereocenters. The number of ether oxygens (including phenoxy) is 1. The van der Waals surface area contributed by atoms with Gasteiger partial charge in [-0.2, -0.15) is 0 Å². The molecule has 0 radical (unpaired) electrons. The van der Waals surface area contributed by atoms with E-state index >= 15 is 0 Å². The highest BCUT2D eigenvalue weighted by molar-refractivity contribution is 5.62. The predicted octanol–water partition coefficient (Wildman–Crippen LogP) is 4.99. The number of nitrogens with zero attached hydrogens (tertiary/aromatic N) is 3. The first-order valence-corrected chi connectivity index (χ1v) is 12.1. The minimum Gasteiger partial charge on any atom is -0.439 e. The van der Waals surface area contributed by atoms with E-state index in [0.717, 1.165) is 54.6 Å². The summed E-state index contributed by atoms with van der Waals surface area (Å²) < 4.78 is 12.0. The Bertz CT molecular complexity index is 1280. The van der Waals surface area contributed by atoms with Gasteiger partial charge in [0, 0.05) is 43.5 Å². The summed E-state index contributed by atoms with van der Waals surface area (Å²) in [5.74, 6) is 2.64. The van der Waals surface area contributed by atoms with Crippen molar-refractivity contribution in [3.63, 3.8) is 0 Å². The lowest BCUT2D eigenvalue weighted by molar-refractivity contribution is 0.316. The highest BCUT2D eigenvalue weighted by Crippen LogP contribution is 2.35. The molecule has 35 heavy (non-hydrogen) atoms. The molecular formula is C28H29N5O2. The molecule has 4 heterocycles. The van der Waals surface area contributed by atoms with Gasteiger partial charge in [0.05, 0.1) is 23.6 Å². The number of nitrogens with one attached hydrogen (secondary N) is 2. The Hall–Kier alpha value is -3.68. The van der Waals surface area contributed by atoms with E-state index in [-0.39, 0.29) is 5.54 Å². The van der Waals surface area contributed by atoms with Crippen molar-refractivity contribution in [1.29, 1.82) is 0 Å². The molecule has 2 aromatic heterocycles. The fourth-order valence-electron chi connectivity index (χ4n) is 5.09. The van der Waals surface area contributed by atoms with Gasteiger partial charge < -0.3 is 24.7 Å². The molecule has 2 N–H and O–H groups in total. The van der Waals surface area contributed by atoms with E-state index in [0.29, 0.717) is 11.8 Å². The maximum Gasteiger partial charge on any atom is 0.226 e. The van der Waals surface area contributed by atoms with Crippen molar-refractivity contribution in [1.82, 2.24) is 20.6 Å². The van der Waals surface area contributed by atoms with Gasteiger partial charge in [-0.15, -0.1) is 0 Å². The van der Waals surface area contributed by atoms with E-state index in [4.69, 9.17) is 9.15 Å². The second-order valence-electron chi connectivity index (χ2n) is 9.39. The van der Waals surface area contributed by atoms with Crippen LogP contribution in [0.3, 0.4) is 0 Å². The average molecular weight is 468 g/mol. The van der Waals surface area contributed by atoms with E-state index in [2.05, 4.69) is 50.6 Å². The van der Waals surface area contributed by atoms with Crippen LogP contribution in [0.2, 0.25) is 0 Å². The van der Waals surface area contributed by atoms with Crippen LogP contribution in [0.5, 0.6) is 11.6 Å². The van der Waals surface area contributed by atoms with Crippen LogP contribution < -0.4 is 20.3 Å². The van der Waals surface area contributed by atoms with Crippen LogP contribution in [0.1, 0.15) is 18.4 Å². The highest BCUT2D eigenvalue weighted by Gasteiger charge is 2.42. The summed E-state index contributed by atoms with van der Waals surface area (Å²) in [4.78, 5) is 11.5. The molecule has 0 bridgehead atoms. The first-order chi connectivity index (χ1) is 17.2. The Balaban J connectivity index is 1.13. The number of benzene rings is 2. The molecule has 2 aliphatic rings. The Labute approximate surface area is 205 Å². The largest absolute Gasteiger partial charge is 0.439 e. The number of aryl methyl sites for hydroxylation is 1. The monoisotopic (exact) mass is 467 g/mol. The van der Waals surface area contributed by atoms with Gasteiger partial charge in [0.15, 0.2) is 5.76 Å². The van der Waals surface area contributed by atoms with Gasteiger partial charge in [-0.1, -0.05) is 17.7 Å². The predicted molar refractivity (Wildman–Crippen MR) is 137 cm³/mol. The van der Waals surface area contributed by atoms with Gasteiger partial charge >= 0.3 is 0 Å². The van der Waals surface area contributed by atoms with Crippen molar-refractivity contribution in [2.75, 3.05) is 31.2 Å². The number of aromatic nitrogens is 2. The zero-order valence-electron chi connectivity index (χ0n) is 19.8. The van der Waals surface area contributed by atoms with Crippen molar-refractivity contribution in [2.45, 2.75) is 25.3 Å². The Morgan fingerprint density at radius 3 is 2.40 bits per heavy atom. The van der Waals surface area contributed by atoms with Crippen molar-refractivity contribution in [3.05, 3.63) is 78.6 Å². The number of hydrogen-bond acceptors (Lipinski definition) is 7. The SMILES string of the molecule is Cc1ccc(-c2ncc(-c3ccc(Oc4ccc(N5CCCC56CNCNC6)cn4)cc3)o2)cc1. The molecule has 2 fully saturated rings. The van der Waals surface area contributed by atoms with Crippen LogP contribution in [-0.4, -0.2) is 41.8 Å². The third kappa shape index (κ3) is 4.40. The smallest absolute Gasteiger partial charge is 0.226 e. The zero-order chi connectivity index (χ0) is 23.7. The summed E-state index contributed by atoms with van der Waals surface area (Å²) in [6, 6.07) is 20.0. The van der Waals surface area contributed by atoms with Gasteiger partial charge in [-0.3, -0.25) is 0 Å². The summed E-state index contributed by atoms with van der Waals surface area (Å²) >= 11 is 0. The molecule has 4 aromatic rings. The molecule has 178 valence electrons. The maximum absolute atomic E-state index is 6.01. The lowest BCUT2D eigenvalue weighted by Crippen LogP contribution is -2.62. The Morgan fingerprint density at radius 2 is 1.66 bits per heavy atom. The number of rotatable bonds is 5. The van der Waals surface area contributed by atoms with Crippen molar-refractivity contribution in [2.24, 2.45) is 0 Å². The number of anilines is 1. The fourth-order valence-corrected chi connectivity index (χ4v) is 5.09. The summed E-state index contributed by atoms with van der Waals surface area (Å²) in [6.07, 6.45) is 6.07. The lowest BCUT2D eigenvalue weighted by atomic mass is 9.94. The topological polar surface area (TPSA) is 75.5 Å². The summed E-state index contributed by atoms with van der Waals surface area (Å²) in [6.45, 7) is 6.00. The molecule has 2 saturated heterocycles. The summed E-state index contributed by atoms with van der Waals surface area (Å²) in [5.41, 5.74) is 4.40. The molecule has 0 amide bonds. The fraction of sp³-hybridized carbons (Fsp3) is 0.286. The van der Waals surface area contributed by atoms with E-state index < -0.39 is 0 Å². The molecule has 1 spiro atoms. The first-order valence-electron chi connectivity index (χ1n) is 12.1. The van der Waals surface area contributed by atoms with Crippen molar-refractivity contribution in [3.8, 4) is 34.4 Å². The average Bonchev–Trinajstić information content (AvgIpc) is 3.54. The number of pyridine rings is 1. The minimum absolute atomic E-state index is 0.137. The van der Waals surface area contributed by atoms with E-state index in [1.807, 2.05) is 48.7 Å². The third-order valence-electron chi connectivity index (χ3n) is 6.95. The quantitative estimate of drug-likeness (QED) is 0.428. The van der Waals surface area contributed by atoms with Crippen LogP contribution >= 0.6 is 0 Å². The number of oxazole rings is 1. The van der Waals surface area contributed by atoms with Gasteiger partial charge in [-0.25, -0.2) is 9.97 Å². The lowest BCUT2D eigenvalue weighted by Gasteiger charge is -2.43. The van der Waals surface area contributed by atoms with Crippen molar-refractivity contribution >= 4 is 5.69 Å². The van der Waals surface area contributed by atoms with E-state index in [1.165, 1.54) is 18.4 Å². The van der Waals surface area contributed by atoms with Gasteiger partial charge in [0.1, 0.15) is 5.75 Å². The molecule has 0 atom stereocenters. The standard InChI is InChI=1S/C28H29N5O2/c1-20-3-5-22(6-4-20)27-32-16-25(35-27)21-7-10-24(11-8-21)34-26-12-9-23(15-31-26)33-14-2-13-28(33)17-29-19-30-18-28/h3-12,15-16,29-30H,2,13-14,17-19H2,1H3. The van der Waals surface area contributed by atoms with E-state index in [9.17, 15) is 0 Å². The normalized spacial score (nSPS) is 17.1. The third-order valence-corrected chi connectivity index (χ3v) is 6.95. The van der Waals surface area contributed by atoms with Crippen LogP contribution in [0, 0.1) is 6.92 Å². The molecule has 0 aliphatic carbocycles. The van der Waals surface area contributed by atoms with Gasteiger partial charge in [0.2, 0.25) is 11.8 Å². The maximum atomic E-state index is 6.01. The summed E-state index contributed by atoms with van der Waals surface area (Å²) in [5, 5.41) is 6.96. The molecule has 7 nitrogen and oxygen atoms in total. The molecule has 2 aliphatic heterocycles. The Morgan fingerprint density at radius 1 is 0.886 bits per heavy atom. The van der Waals surface area contributed by atoms with Gasteiger partial charge in [-0.05, 0) is 62.2 Å². The van der Waals surface area contributed by atoms with E-state index in [1.54, 1.807) is 6.20 Å². The highest BCUT2D eigenvalue weighted by atomic mass is 16.5. The van der Waals surface area contributed by atoms with Gasteiger partial charge in [0.25, 0.3) is 0 Å². The molecular weight excluding hydrogens is 438 g/mol. The van der Waals surface area contributed by atoms with Crippen LogP contribution in [0.4, 0.5) is 5.69 Å². The van der Waals surface area contributed by atoms with Crippen LogP contribution in [-0.2, 0) is 0 Å². The first kappa shape index (κ1) is 21.8.